The van der Waals surface area contributed by atoms with Crippen molar-refractivity contribution in [3.8, 4) is 51.6 Å². The first kappa shape index (κ1) is 30.8. The minimum Gasteiger partial charge on any atom is -0.406 e. The number of thiophene rings is 1. The monoisotopic (exact) mass is 650 g/mol. The van der Waals surface area contributed by atoms with Crippen molar-refractivity contribution in [3.63, 3.8) is 0 Å². The molecule has 0 bridgehead atoms. The summed E-state index contributed by atoms with van der Waals surface area (Å²) < 4.78 is 133. The lowest BCUT2D eigenvalue weighted by atomic mass is 9.96. The van der Waals surface area contributed by atoms with Crippen LogP contribution in [0.2, 0.25) is 0 Å². The highest BCUT2D eigenvalue weighted by Gasteiger charge is 2.45. The Morgan fingerprint density at radius 2 is 1.09 bits per heavy atom. The third-order valence-corrected chi connectivity index (χ3v) is 7.54. The van der Waals surface area contributed by atoms with Crippen LogP contribution in [0.5, 0.6) is 17.2 Å². The number of nitriles is 2. The van der Waals surface area contributed by atoms with Crippen LogP contribution in [0.25, 0.3) is 43.1 Å². The van der Waals surface area contributed by atoms with Gasteiger partial charge in [0.1, 0.15) is 17.2 Å². The van der Waals surface area contributed by atoms with Crippen molar-refractivity contribution in [3.05, 3.63) is 84.9 Å². The van der Waals surface area contributed by atoms with Gasteiger partial charge in [-0.15, -0.1) is 50.9 Å². The number of nitrogens with zero attached hydrogens (tertiary/aromatic N) is 4. The van der Waals surface area contributed by atoms with E-state index in [4.69, 9.17) is 13.1 Å². The van der Waals surface area contributed by atoms with Crippen LogP contribution in [-0.4, -0.2) is 19.1 Å². The molecule has 2 aromatic carbocycles. The number of allylic oxidation sites excluding steroid dienone is 2. The molecule has 7 nitrogen and oxygen atoms in total. The summed E-state index contributed by atoms with van der Waals surface area (Å²) in [6, 6.07) is 6.28. The van der Waals surface area contributed by atoms with Gasteiger partial charge < -0.3 is 14.2 Å². The van der Waals surface area contributed by atoms with E-state index in [9.17, 15) is 50.0 Å². The number of halogens is 9. The highest BCUT2D eigenvalue weighted by atomic mass is 32.1. The molecule has 45 heavy (non-hydrogen) atoms. The molecule has 0 atom stereocenters. The molecule has 0 aliphatic heterocycles. The molecule has 5 rings (SSSR count). The summed E-state index contributed by atoms with van der Waals surface area (Å²) in [5, 5.41) is 19.4. The van der Waals surface area contributed by atoms with Crippen molar-refractivity contribution in [1.82, 2.24) is 0 Å². The SMILES string of the molecule is [C-]#[N+]/C(C#N)=C1/c2cc(OC(F)(F)F)cc(OC(F)(F)F)c2-c2c1sc1c2-c2c(OC(F)(F)F)cc(C)cc2/C1=C(/C#N)[N+]#[C-]. The second-order valence-electron chi connectivity index (χ2n) is 9.08. The topological polar surface area (TPSA) is 84.0 Å². The number of fused-ring (bicyclic) bond motifs is 7. The van der Waals surface area contributed by atoms with Crippen LogP contribution >= 0.6 is 11.3 Å². The number of alkyl halides is 9. The molecule has 226 valence electrons. The molecule has 1 aromatic heterocycles. The summed E-state index contributed by atoms with van der Waals surface area (Å²) in [4.78, 5) is 5.88. The zero-order chi connectivity index (χ0) is 33.2. The molecule has 0 N–H and O–H groups in total. The van der Waals surface area contributed by atoms with Crippen LogP contribution in [0.1, 0.15) is 26.4 Å². The smallest absolute Gasteiger partial charge is 0.406 e. The van der Waals surface area contributed by atoms with Gasteiger partial charge in [0.15, 0.2) is 0 Å². The Morgan fingerprint density at radius 3 is 1.49 bits per heavy atom. The molecular formula is C28H7F9N4O3S. The maximum absolute atomic E-state index is 13.6. The van der Waals surface area contributed by atoms with Crippen LogP contribution in [0, 0.1) is 42.7 Å². The standard InChI is InChI=1S/C28H7F9N4O3S/c1-10-4-12-18(14(8-38)40-2)24-22(20(12)16(5-10)43-27(32,33)34)23-21-13(19(25(23)45-24)15(9-39)41-3)6-11(42-26(29,30)31)7-17(21)44-28(35,36)37/h4-7H,1H3/b18-14+,19-15-. The molecule has 0 spiro atoms. The Balaban J connectivity index is 2.02. The van der Waals surface area contributed by atoms with Crippen LogP contribution in [0.3, 0.4) is 0 Å². The molecular weight excluding hydrogens is 643 g/mol. The Kier molecular flexibility index (Phi) is 6.99. The highest BCUT2D eigenvalue weighted by molar-refractivity contribution is 7.16. The van der Waals surface area contributed by atoms with E-state index in [1.165, 1.54) is 19.1 Å². The maximum atomic E-state index is 13.6. The average molecular weight is 650 g/mol. The maximum Gasteiger partial charge on any atom is 0.573 e. The number of rotatable bonds is 3. The van der Waals surface area contributed by atoms with Gasteiger partial charge in [-0.1, -0.05) is 6.07 Å². The number of benzene rings is 2. The molecule has 2 aliphatic rings. The number of aryl methyl sites for hydroxylation is 1. The Hall–Kier alpha value is -5.65. The van der Waals surface area contributed by atoms with Gasteiger partial charge in [-0.25, -0.2) is 20.2 Å². The van der Waals surface area contributed by atoms with E-state index in [0.717, 1.165) is 6.07 Å². The lowest BCUT2D eigenvalue weighted by Crippen LogP contribution is -2.19. The normalized spacial score (nSPS) is 15.3. The lowest BCUT2D eigenvalue weighted by molar-refractivity contribution is -0.277. The van der Waals surface area contributed by atoms with Crippen LogP contribution in [0.4, 0.5) is 39.5 Å². The molecule has 0 saturated heterocycles. The first-order chi connectivity index (χ1) is 20.9. The number of ether oxygens (including phenoxy) is 3. The van der Waals surface area contributed by atoms with Gasteiger partial charge in [0.05, 0.1) is 25.3 Å². The number of hydrogen-bond donors (Lipinski definition) is 0. The van der Waals surface area contributed by atoms with Crippen LogP contribution < -0.4 is 14.2 Å². The van der Waals surface area contributed by atoms with Crippen molar-refractivity contribution in [2.75, 3.05) is 0 Å². The minimum atomic E-state index is -5.52. The van der Waals surface area contributed by atoms with E-state index in [-0.39, 0.29) is 43.6 Å². The van der Waals surface area contributed by atoms with Gasteiger partial charge in [-0.3, -0.25) is 0 Å². The van der Waals surface area contributed by atoms with E-state index >= 15 is 0 Å². The second-order valence-corrected chi connectivity index (χ2v) is 10.1. The average Bonchev–Trinajstić information content (AvgIpc) is 3.50. The first-order valence-corrected chi connectivity index (χ1v) is 12.6. The quantitative estimate of drug-likeness (QED) is 0.111. The molecule has 0 unspecified atom stereocenters. The van der Waals surface area contributed by atoms with Crippen LogP contribution in [0.15, 0.2) is 35.7 Å². The molecule has 3 aromatic rings. The lowest BCUT2D eigenvalue weighted by Gasteiger charge is -2.18. The van der Waals surface area contributed by atoms with E-state index in [2.05, 4.69) is 23.9 Å². The van der Waals surface area contributed by atoms with Gasteiger partial charge in [-0.05, 0) is 35.7 Å². The molecule has 0 saturated carbocycles. The molecule has 1 heterocycles. The van der Waals surface area contributed by atoms with E-state index in [1.807, 2.05) is 0 Å². The largest absolute Gasteiger partial charge is 0.573 e. The van der Waals surface area contributed by atoms with Gasteiger partial charge >= 0.3 is 19.1 Å². The molecule has 2 aliphatic carbocycles. The van der Waals surface area contributed by atoms with Gasteiger partial charge in [0.25, 0.3) is 11.4 Å². The third-order valence-electron chi connectivity index (χ3n) is 6.32. The summed E-state index contributed by atoms with van der Waals surface area (Å²) in [6.45, 7) is 16.3. The highest BCUT2D eigenvalue weighted by Crippen LogP contribution is 2.65. The molecule has 0 amide bonds. The van der Waals surface area contributed by atoms with Gasteiger partial charge in [0.2, 0.25) is 0 Å². The predicted molar refractivity (Wildman–Crippen MR) is 136 cm³/mol. The summed E-state index contributed by atoms with van der Waals surface area (Å²) in [6.07, 6.45) is -16.2. The molecule has 17 heteroatoms. The summed E-state index contributed by atoms with van der Waals surface area (Å²) in [5.41, 5.74) is -4.26. The summed E-state index contributed by atoms with van der Waals surface area (Å²) in [5.74, 6) is -3.38. The van der Waals surface area contributed by atoms with Crippen molar-refractivity contribution in [2.24, 2.45) is 0 Å². The summed E-state index contributed by atoms with van der Waals surface area (Å²) in [7, 11) is 0. The summed E-state index contributed by atoms with van der Waals surface area (Å²) >= 11 is 0.596. The van der Waals surface area contributed by atoms with Crippen LogP contribution in [-0.2, 0) is 0 Å². The van der Waals surface area contributed by atoms with E-state index < -0.39 is 70.0 Å². The van der Waals surface area contributed by atoms with Gasteiger partial charge in [-0.2, -0.15) is 0 Å². The molecule has 0 radical (unpaired) electrons. The second kappa shape index (κ2) is 10.2. The fraction of sp³-hybridized carbons (Fsp3) is 0.143. The van der Waals surface area contributed by atoms with Crippen molar-refractivity contribution < 1.29 is 53.7 Å². The van der Waals surface area contributed by atoms with Crippen molar-refractivity contribution >= 4 is 22.5 Å². The number of hydrogen-bond acceptors (Lipinski definition) is 6. The zero-order valence-corrected chi connectivity index (χ0v) is 22.4. The molecule has 0 fully saturated rings. The Labute approximate surface area is 249 Å². The van der Waals surface area contributed by atoms with Gasteiger partial charge in [0, 0.05) is 49.2 Å². The van der Waals surface area contributed by atoms with Crippen molar-refractivity contribution in [1.29, 1.82) is 10.5 Å². The predicted octanol–water partition coefficient (Wildman–Crippen LogP) is 9.12. The zero-order valence-electron chi connectivity index (χ0n) is 21.6. The minimum absolute atomic E-state index is 0.0980. The fourth-order valence-corrected chi connectivity index (χ4v) is 6.54. The third kappa shape index (κ3) is 5.35. The van der Waals surface area contributed by atoms with E-state index in [0.29, 0.717) is 17.4 Å². The Morgan fingerprint density at radius 1 is 0.667 bits per heavy atom. The van der Waals surface area contributed by atoms with Crippen molar-refractivity contribution in [2.45, 2.75) is 26.0 Å². The fourth-order valence-electron chi connectivity index (χ4n) is 5.11. The first-order valence-electron chi connectivity index (χ1n) is 11.7. The van der Waals surface area contributed by atoms with E-state index in [1.54, 1.807) is 6.07 Å². The Bertz CT molecular complexity index is 2030.